The van der Waals surface area contributed by atoms with Crippen molar-refractivity contribution in [2.45, 2.75) is 32.4 Å². The Morgan fingerprint density at radius 1 is 1.44 bits per heavy atom. The van der Waals surface area contributed by atoms with Crippen molar-refractivity contribution in [2.75, 3.05) is 13.2 Å². The predicted octanol–water partition coefficient (Wildman–Crippen LogP) is 2.50. The van der Waals surface area contributed by atoms with Gasteiger partial charge in [0, 0.05) is 11.8 Å². The van der Waals surface area contributed by atoms with E-state index in [-0.39, 0.29) is 13.2 Å². The van der Waals surface area contributed by atoms with E-state index < -0.39 is 21.3 Å². The van der Waals surface area contributed by atoms with Gasteiger partial charge in [0.05, 0.1) is 17.6 Å². The maximum Gasteiger partial charge on any atom is 0.333 e. The number of carbonyl (C=O) groups is 1. The SMILES string of the molecule is C=C(C)C(=O)OCCO.C=Cc1ccccn1.CCC(C)S(=O)(=O)O. The molecule has 0 spiro atoms. The Labute approximate surface area is 149 Å². The van der Waals surface area contributed by atoms with Crippen LogP contribution >= 0.6 is 0 Å². The Bertz CT molecular complexity index is 613. The molecule has 0 bridgehead atoms. The quantitative estimate of drug-likeness (QED) is 0.447. The maximum atomic E-state index is 10.5. The van der Waals surface area contributed by atoms with E-state index in [0.717, 1.165) is 5.69 Å². The average Bonchev–Trinajstić information content (AvgIpc) is 2.59. The number of aliphatic hydroxyl groups is 1. The van der Waals surface area contributed by atoms with Gasteiger partial charge in [-0.3, -0.25) is 9.54 Å². The number of ether oxygens (including phenoxy) is 1. The molecule has 0 amide bonds. The van der Waals surface area contributed by atoms with Crippen molar-refractivity contribution < 1.29 is 27.6 Å². The number of rotatable bonds is 6. The molecule has 1 unspecified atom stereocenters. The molecule has 0 fully saturated rings. The molecule has 25 heavy (non-hydrogen) atoms. The van der Waals surface area contributed by atoms with Gasteiger partial charge in [-0.25, -0.2) is 4.79 Å². The van der Waals surface area contributed by atoms with Crippen molar-refractivity contribution >= 4 is 22.2 Å². The lowest BCUT2D eigenvalue weighted by Crippen LogP contribution is -2.14. The summed E-state index contributed by atoms with van der Waals surface area (Å²) < 4.78 is 33.0. The Kier molecular flexibility index (Phi) is 14.4. The molecule has 0 radical (unpaired) electrons. The standard InChI is InChI=1S/C7H7N.C6H10O3.C4H10O3S/c1-2-7-5-3-4-6-8-7;1-5(2)6(8)9-4-3-7;1-3-4(2)8(5,6)7/h2-6H,1H2;7H,1,3-4H2,2H3;4H,3H2,1-2H3,(H,5,6,7). The fourth-order valence-corrected chi connectivity index (χ4v) is 1.39. The molecule has 1 heterocycles. The molecule has 8 heteroatoms. The number of pyridine rings is 1. The van der Waals surface area contributed by atoms with Crippen molar-refractivity contribution in [3.05, 3.63) is 48.8 Å². The van der Waals surface area contributed by atoms with Crippen molar-refractivity contribution in [3.63, 3.8) is 0 Å². The average molecular weight is 373 g/mol. The maximum absolute atomic E-state index is 10.5. The second-order valence-electron chi connectivity index (χ2n) is 4.83. The van der Waals surface area contributed by atoms with Crippen LogP contribution in [0.4, 0.5) is 0 Å². The summed E-state index contributed by atoms with van der Waals surface area (Å²) in [7, 11) is -3.75. The van der Waals surface area contributed by atoms with E-state index in [2.05, 4.69) is 22.9 Å². The van der Waals surface area contributed by atoms with Crippen LogP contribution in [-0.2, 0) is 19.6 Å². The normalized spacial score (nSPS) is 10.9. The molecular weight excluding hydrogens is 346 g/mol. The van der Waals surface area contributed by atoms with Crippen LogP contribution in [0.5, 0.6) is 0 Å². The predicted molar refractivity (Wildman–Crippen MR) is 98.5 cm³/mol. The van der Waals surface area contributed by atoms with E-state index in [1.807, 2.05) is 18.2 Å². The molecule has 1 aromatic rings. The summed E-state index contributed by atoms with van der Waals surface area (Å²) in [6, 6.07) is 5.73. The number of hydrogen-bond donors (Lipinski definition) is 2. The molecule has 0 aliphatic heterocycles. The first kappa shape index (κ1) is 25.2. The lowest BCUT2D eigenvalue weighted by atomic mass is 10.4. The van der Waals surface area contributed by atoms with Crippen molar-refractivity contribution in [3.8, 4) is 0 Å². The minimum Gasteiger partial charge on any atom is -0.460 e. The van der Waals surface area contributed by atoms with Gasteiger partial charge in [0.1, 0.15) is 6.61 Å². The van der Waals surface area contributed by atoms with Gasteiger partial charge in [0.25, 0.3) is 10.1 Å². The monoisotopic (exact) mass is 373 g/mol. The van der Waals surface area contributed by atoms with Crippen molar-refractivity contribution in [1.29, 1.82) is 0 Å². The third kappa shape index (κ3) is 15.2. The number of aromatic nitrogens is 1. The molecular formula is C17H27NO6S. The Morgan fingerprint density at radius 2 is 2.04 bits per heavy atom. The molecule has 7 nitrogen and oxygen atoms in total. The van der Waals surface area contributed by atoms with Crippen LogP contribution in [0, 0.1) is 0 Å². The summed E-state index contributed by atoms with van der Waals surface area (Å²) >= 11 is 0. The Balaban J connectivity index is 0. The van der Waals surface area contributed by atoms with Crippen LogP contribution in [0.3, 0.4) is 0 Å². The van der Waals surface area contributed by atoms with Gasteiger partial charge in [0.15, 0.2) is 0 Å². The largest absolute Gasteiger partial charge is 0.460 e. The highest BCUT2D eigenvalue weighted by Gasteiger charge is 2.13. The molecule has 0 aliphatic carbocycles. The summed E-state index contributed by atoms with van der Waals surface area (Å²) in [6.07, 6.45) is 3.93. The number of nitrogens with zero attached hydrogens (tertiary/aromatic N) is 1. The second-order valence-corrected chi connectivity index (χ2v) is 6.67. The smallest absolute Gasteiger partial charge is 0.333 e. The molecule has 0 aliphatic rings. The van der Waals surface area contributed by atoms with Gasteiger partial charge in [0.2, 0.25) is 0 Å². The first-order valence-electron chi connectivity index (χ1n) is 7.53. The van der Waals surface area contributed by atoms with Gasteiger partial charge in [-0.15, -0.1) is 0 Å². The van der Waals surface area contributed by atoms with E-state index in [4.69, 9.17) is 9.66 Å². The van der Waals surface area contributed by atoms with Crippen molar-refractivity contribution in [1.82, 2.24) is 4.98 Å². The lowest BCUT2D eigenvalue weighted by Gasteiger charge is -2.00. The Morgan fingerprint density at radius 3 is 2.28 bits per heavy atom. The highest BCUT2D eigenvalue weighted by molar-refractivity contribution is 7.86. The summed E-state index contributed by atoms with van der Waals surface area (Å²) in [5.74, 6) is -0.455. The van der Waals surface area contributed by atoms with Crippen LogP contribution in [0.25, 0.3) is 6.08 Å². The van der Waals surface area contributed by atoms with Gasteiger partial charge in [-0.2, -0.15) is 8.42 Å². The molecule has 2 N–H and O–H groups in total. The highest BCUT2D eigenvalue weighted by Crippen LogP contribution is 2.00. The first-order valence-corrected chi connectivity index (χ1v) is 9.03. The number of aliphatic hydroxyl groups excluding tert-OH is 1. The van der Waals surface area contributed by atoms with Gasteiger partial charge in [-0.05, 0) is 38.5 Å². The zero-order valence-electron chi connectivity index (χ0n) is 14.9. The van der Waals surface area contributed by atoms with E-state index >= 15 is 0 Å². The minimum absolute atomic E-state index is 0.0473. The number of hydrogen-bond acceptors (Lipinski definition) is 6. The van der Waals surface area contributed by atoms with Crippen molar-refractivity contribution in [2.24, 2.45) is 0 Å². The summed E-state index contributed by atoms with van der Waals surface area (Å²) in [4.78, 5) is 14.4. The zero-order chi connectivity index (χ0) is 19.9. The number of esters is 1. The lowest BCUT2D eigenvalue weighted by molar-refractivity contribution is -0.139. The highest BCUT2D eigenvalue weighted by atomic mass is 32.2. The second kappa shape index (κ2) is 14.3. The van der Waals surface area contributed by atoms with Crippen LogP contribution < -0.4 is 0 Å². The van der Waals surface area contributed by atoms with E-state index in [1.54, 1.807) is 26.1 Å². The van der Waals surface area contributed by atoms with Crippen LogP contribution in [0.1, 0.15) is 32.9 Å². The van der Waals surface area contributed by atoms with Gasteiger partial charge < -0.3 is 9.84 Å². The molecule has 1 rings (SSSR count). The molecule has 0 aromatic carbocycles. The fraction of sp³-hybridized carbons (Fsp3) is 0.412. The third-order valence-corrected chi connectivity index (χ3v) is 4.00. The van der Waals surface area contributed by atoms with E-state index in [0.29, 0.717) is 12.0 Å². The first-order chi connectivity index (χ1) is 11.6. The van der Waals surface area contributed by atoms with Crippen LogP contribution in [0.2, 0.25) is 0 Å². The fourth-order valence-electron chi connectivity index (χ4n) is 0.969. The zero-order valence-corrected chi connectivity index (χ0v) is 15.7. The molecule has 0 saturated carbocycles. The summed E-state index contributed by atoms with van der Waals surface area (Å²) in [6.45, 7) is 11.6. The van der Waals surface area contributed by atoms with E-state index in [9.17, 15) is 13.2 Å². The minimum atomic E-state index is -3.75. The van der Waals surface area contributed by atoms with Crippen LogP contribution in [0.15, 0.2) is 43.1 Å². The van der Waals surface area contributed by atoms with Gasteiger partial charge >= 0.3 is 5.97 Å². The third-order valence-electron chi connectivity index (χ3n) is 2.65. The molecule has 1 aromatic heterocycles. The number of carbonyl (C=O) groups excluding carboxylic acids is 1. The Hall–Kier alpha value is -2.03. The summed E-state index contributed by atoms with van der Waals surface area (Å²) in [5.41, 5.74) is 1.27. The topological polar surface area (TPSA) is 114 Å². The molecule has 1 atom stereocenters. The molecule has 142 valence electrons. The van der Waals surface area contributed by atoms with Gasteiger partial charge in [-0.1, -0.05) is 26.1 Å². The van der Waals surface area contributed by atoms with E-state index in [1.165, 1.54) is 6.92 Å². The molecule has 0 saturated heterocycles. The summed E-state index contributed by atoms with van der Waals surface area (Å²) in [5, 5.41) is 7.57. The van der Waals surface area contributed by atoms with Crippen LogP contribution in [-0.4, -0.2) is 47.5 Å².